The van der Waals surface area contributed by atoms with Crippen molar-refractivity contribution in [2.75, 3.05) is 5.32 Å². The van der Waals surface area contributed by atoms with Gasteiger partial charge in [0.1, 0.15) is 11.9 Å². The molecule has 0 aliphatic rings. The van der Waals surface area contributed by atoms with Gasteiger partial charge in [-0.05, 0) is 25.5 Å². The number of aryl methyl sites for hydroxylation is 1. The molecule has 0 aliphatic carbocycles. The Balaban J connectivity index is 2.75. The molecule has 7 heteroatoms. The van der Waals surface area contributed by atoms with Crippen LogP contribution in [0.2, 0.25) is 0 Å². The van der Waals surface area contributed by atoms with E-state index in [9.17, 15) is 18.8 Å². The number of anilines is 1. The molecule has 19 heavy (non-hydrogen) atoms. The van der Waals surface area contributed by atoms with Crippen molar-refractivity contribution in [1.82, 2.24) is 5.32 Å². The zero-order chi connectivity index (χ0) is 14.6. The average Bonchev–Trinajstić information content (AvgIpc) is 2.33. The van der Waals surface area contributed by atoms with E-state index < -0.39 is 29.6 Å². The van der Waals surface area contributed by atoms with E-state index in [0.717, 1.165) is 6.07 Å². The molecule has 0 saturated heterocycles. The van der Waals surface area contributed by atoms with Crippen molar-refractivity contribution in [3.05, 3.63) is 29.6 Å². The molecule has 0 bridgehead atoms. The van der Waals surface area contributed by atoms with Crippen LogP contribution in [0.4, 0.5) is 10.1 Å². The summed E-state index contributed by atoms with van der Waals surface area (Å²) in [5.74, 6) is -4.21. The number of amides is 2. The van der Waals surface area contributed by atoms with Crippen LogP contribution in [0, 0.1) is 12.7 Å². The number of carboxylic acid groups (broad SMARTS) is 1. The van der Waals surface area contributed by atoms with E-state index in [0.29, 0.717) is 5.56 Å². The van der Waals surface area contributed by atoms with Crippen molar-refractivity contribution < 1.29 is 23.9 Å². The molecule has 102 valence electrons. The van der Waals surface area contributed by atoms with Gasteiger partial charge in [-0.3, -0.25) is 14.4 Å². The number of halogens is 1. The summed E-state index contributed by atoms with van der Waals surface area (Å²) in [5, 5.41) is 12.7. The lowest BCUT2D eigenvalue weighted by atomic mass is 10.2. The molecule has 1 atom stereocenters. The molecule has 0 fully saturated rings. The van der Waals surface area contributed by atoms with Crippen molar-refractivity contribution in [3.63, 3.8) is 0 Å². The first kappa shape index (κ1) is 14.6. The Morgan fingerprint density at radius 1 is 1.26 bits per heavy atom. The van der Waals surface area contributed by atoms with Gasteiger partial charge in [0.25, 0.3) is 0 Å². The molecule has 0 heterocycles. The lowest BCUT2D eigenvalue weighted by Crippen LogP contribution is -2.44. The number of rotatable bonds is 3. The van der Waals surface area contributed by atoms with Crippen molar-refractivity contribution in [3.8, 4) is 0 Å². The fourth-order valence-corrected chi connectivity index (χ4v) is 1.28. The second-order valence-corrected chi connectivity index (χ2v) is 3.92. The summed E-state index contributed by atoms with van der Waals surface area (Å²) >= 11 is 0. The summed E-state index contributed by atoms with van der Waals surface area (Å²) in [5.41, 5.74) is 0.345. The van der Waals surface area contributed by atoms with Crippen molar-refractivity contribution >= 4 is 23.5 Å². The van der Waals surface area contributed by atoms with Gasteiger partial charge in [-0.1, -0.05) is 12.1 Å². The van der Waals surface area contributed by atoms with E-state index in [1.807, 2.05) is 5.32 Å². The average molecular weight is 268 g/mol. The van der Waals surface area contributed by atoms with Gasteiger partial charge in [-0.2, -0.15) is 0 Å². The third-order valence-corrected chi connectivity index (χ3v) is 2.38. The lowest BCUT2D eigenvalue weighted by molar-refractivity contribution is -0.143. The molecular formula is C12H13FN2O4. The molecule has 6 nitrogen and oxygen atoms in total. The predicted molar refractivity (Wildman–Crippen MR) is 65.0 cm³/mol. The van der Waals surface area contributed by atoms with Gasteiger partial charge in [0, 0.05) is 0 Å². The number of carbonyl (C=O) groups excluding carboxylic acids is 2. The topological polar surface area (TPSA) is 95.5 Å². The van der Waals surface area contributed by atoms with Crippen LogP contribution in [0.3, 0.4) is 0 Å². The highest BCUT2D eigenvalue weighted by Gasteiger charge is 2.21. The van der Waals surface area contributed by atoms with E-state index in [1.165, 1.54) is 13.0 Å². The van der Waals surface area contributed by atoms with E-state index in [-0.39, 0.29) is 5.69 Å². The minimum atomic E-state index is -1.27. The maximum atomic E-state index is 13.4. The van der Waals surface area contributed by atoms with Crippen LogP contribution in [-0.4, -0.2) is 28.9 Å². The Labute approximate surface area is 108 Å². The SMILES string of the molecule is Cc1cccc(F)c1NC(=O)C(=O)N[C@@H](C)C(=O)O. The number of para-hydroxylation sites is 1. The largest absolute Gasteiger partial charge is 0.480 e. The molecule has 1 rings (SSSR count). The number of aliphatic carboxylic acids is 1. The van der Waals surface area contributed by atoms with Gasteiger partial charge in [-0.25, -0.2) is 4.39 Å². The summed E-state index contributed by atoms with van der Waals surface area (Å²) in [6, 6.07) is 2.96. The lowest BCUT2D eigenvalue weighted by Gasteiger charge is -2.11. The zero-order valence-corrected chi connectivity index (χ0v) is 10.4. The highest BCUT2D eigenvalue weighted by atomic mass is 19.1. The second kappa shape index (κ2) is 5.94. The van der Waals surface area contributed by atoms with Crippen LogP contribution in [-0.2, 0) is 14.4 Å². The molecule has 0 unspecified atom stereocenters. The van der Waals surface area contributed by atoms with Crippen LogP contribution in [0.1, 0.15) is 12.5 Å². The first-order valence-electron chi connectivity index (χ1n) is 5.42. The van der Waals surface area contributed by atoms with Gasteiger partial charge in [-0.15, -0.1) is 0 Å². The number of hydrogen-bond acceptors (Lipinski definition) is 3. The van der Waals surface area contributed by atoms with Gasteiger partial charge in [0.15, 0.2) is 0 Å². The number of benzene rings is 1. The fourth-order valence-electron chi connectivity index (χ4n) is 1.28. The highest BCUT2D eigenvalue weighted by molar-refractivity contribution is 6.40. The Morgan fingerprint density at radius 3 is 2.42 bits per heavy atom. The van der Waals surface area contributed by atoms with Crippen molar-refractivity contribution in [1.29, 1.82) is 0 Å². The summed E-state index contributed by atoms with van der Waals surface area (Å²) in [4.78, 5) is 33.4. The minimum Gasteiger partial charge on any atom is -0.480 e. The Bertz CT molecular complexity index is 510. The van der Waals surface area contributed by atoms with Crippen LogP contribution in [0.5, 0.6) is 0 Å². The Morgan fingerprint density at radius 2 is 1.89 bits per heavy atom. The number of nitrogens with one attached hydrogen (secondary N) is 2. The van der Waals surface area contributed by atoms with Crippen molar-refractivity contribution in [2.24, 2.45) is 0 Å². The molecule has 1 aromatic carbocycles. The standard InChI is InChI=1S/C12H13FN2O4/c1-6-4-3-5-8(13)9(6)15-11(17)10(16)14-7(2)12(18)19/h3-5,7H,1-2H3,(H,14,16)(H,15,17)(H,18,19)/t7-/m0/s1. The quantitative estimate of drug-likeness (QED) is 0.702. The maximum Gasteiger partial charge on any atom is 0.325 e. The monoisotopic (exact) mass is 268 g/mol. The van der Waals surface area contributed by atoms with E-state index >= 15 is 0 Å². The molecular weight excluding hydrogens is 255 g/mol. The van der Waals surface area contributed by atoms with Crippen LogP contribution in [0.25, 0.3) is 0 Å². The maximum absolute atomic E-state index is 13.4. The Kier molecular flexibility index (Phi) is 4.57. The second-order valence-electron chi connectivity index (χ2n) is 3.92. The molecule has 3 N–H and O–H groups in total. The first-order chi connectivity index (χ1) is 8.82. The van der Waals surface area contributed by atoms with Crippen LogP contribution < -0.4 is 10.6 Å². The molecule has 1 aromatic rings. The third-order valence-electron chi connectivity index (χ3n) is 2.38. The number of hydrogen-bond donors (Lipinski definition) is 3. The van der Waals surface area contributed by atoms with Gasteiger partial charge in [0.05, 0.1) is 5.69 Å². The number of carbonyl (C=O) groups is 3. The summed E-state index contributed by atoms with van der Waals surface area (Å²) < 4.78 is 13.4. The summed E-state index contributed by atoms with van der Waals surface area (Å²) in [6.07, 6.45) is 0. The summed E-state index contributed by atoms with van der Waals surface area (Å²) in [6.45, 7) is 2.78. The number of carboxylic acids is 1. The molecule has 0 spiro atoms. The first-order valence-corrected chi connectivity index (χ1v) is 5.42. The molecule has 0 radical (unpaired) electrons. The summed E-state index contributed by atoms with van der Waals surface area (Å²) in [7, 11) is 0. The van der Waals surface area contributed by atoms with E-state index in [1.54, 1.807) is 13.0 Å². The van der Waals surface area contributed by atoms with Gasteiger partial charge >= 0.3 is 17.8 Å². The normalized spacial score (nSPS) is 11.5. The smallest absolute Gasteiger partial charge is 0.325 e. The molecule has 0 saturated carbocycles. The van der Waals surface area contributed by atoms with Gasteiger partial charge < -0.3 is 15.7 Å². The highest BCUT2D eigenvalue weighted by Crippen LogP contribution is 2.18. The van der Waals surface area contributed by atoms with E-state index in [2.05, 4.69) is 5.32 Å². The van der Waals surface area contributed by atoms with Gasteiger partial charge in [0.2, 0.25) is 0 Å². The fraction of sp³-hybridized carbons (Fsp3) is 0.250. The molecule has 0 aromatic heterocycles. The van der Waals surface area contributed by atoms with Crippen LogP contribution in [0.15, 0.2) is 18.2 Å². The molecule has 0 aliphatic heterocycles. The van der Waals surface area contributed by atoms with E-state index in [4.69, 9.17) is 5.11 Å². The predicted octanol–water partition coefficient (Wildman–Crippen LogP) is 0.662. The van der Waals surface area contributed by atoms with Crippen molar-refractivity contribution in [2.45, 2.75) is 19.9 Å². The third kappa shape index (κ3) is 3.77. The minimum absolute atomic E-state index is 0.106. The van der Waals surface area contributed by atoms with Crippen LogP contribution >= 0.6 is 0 Å². The molecule has 2 amide bonds. The zero-order valence-electron chi connectivity index (χ0n) is 10.4. The Hall–Kier alpha value is -2.44.